The number of benzene rings is 1. The van der Waals surface area contributed by atoms with Gasteiger partial charge in [0.2, 0.25) is 11.8 Å². The number of halogens is 2. The van der Waals surface area contributed by atoms with E-state index in [9.17, 15) is 18.8 Å². The summed E-state index contributed by atoms with van der Waals surface area (Å²) in [6.45, 7) is 7.01. The van der Waals surface area contributed by atoms with E-state index in [1.165, 1.54) is 18.2 Å². The van der Waals surface area contributed by atoms with Crippen LogP contribution in [0.1, 0.15) is 33.6 Å². The molecule has 1 aliphatic rings. The largest absolute Gasteiger partial charge is 0.444 e. The molecule has 0 aliphatic carbocycles. The minimum absolute atomic E-state index is 0.0290. The molecule has 8 nitrogen and oxygen atoms in total. The Kier molecular flexibility index (Phi) is 9.06. The Bertz CT molecular complexity index is 800. The number of rotatable bonds is 7. The molecule has 0 bridgehead atoms. The summed E-state index contributed by atoms with van der Waals surface area (Å²) >= 11 is 5.84. The van der Waals surface area contributed by atoms with E-state index in [4.69, 9.17) is 16.3 Å². The van der Waals surface area contributed by atoms with Gasteiger partial charge < -0.3 is 20.7 Å². The molecule has 1 aliphatic heterocycles. The van der Waals surface area contributed by atoms with Crippen LogP contribution in [0.2, 0.25) is 5.02 Å². The lowest BCUT2D eigenvalue weighted by atomic mass is 9.97. The van der Waals surface area contributed by atoms with Crippen molar-refractivity contribution in [1.82, 2.24) is 15.5 Å². The van der Waals surface area contributed by atoms with Crippen molar-refractivity contribution in [2.75, 3.05) is 38.0 Å². The van der Waals surface area contributed by atoms with Crippen LogP contribution in [0.25, 0.3) is 0 Å². The molecule has 1 fully saturated rings. The van der Waals surface area contributed by atoms with Crippen LogP contribution >= 0.6 is 11.6 Å². The molecule has 31 heavy (non-hydrogen) atoms. The van der Waals surface area contributed by atoms with Crippen molar-refractivity contribution in [3.05, 3.63) is 29.0 Å². The van der Waals surface area contributed by atoms with Crippen LogP contribution in [-0.4, -0.2) is 61.1 Å². The number of nitrogens with zero attached hydrogens (tertiary/aromatic N) is 1. The number of hydrogen-bond acceptors (Lipinski definition) is 5. The van der Waals surface area contributed by atoms with Crippen LogP contribution in [0.5, 0.6) is 0 Å². The van der Waals surface area contributed by atoms with Gasteiger partial charge in [0.1, 0.15) is 11.4 Å². The zero-order valence-corrected chi connectivity index (χ0v) is 18.9. The fourth-order valence-electron chi connectivity index (χ4n) is 3.21. The molecule has 1 heterocycles. The summed E-state index contributed by atoms with van der Waals surface area (Å²) in [5.41, 5.74) is -0.551. The molecule has 2 rings (SSSR count). The monoisotopic (exact) mass is 456 g/mol. The maximum atomic E-state index is 13.8. The van der Waals surface area contributed by atoms with E-state index in [0.717, 1.165) is 6.42 Å². The van der Waals surface area contributed by atoms with Crippen molar-refractivity contribution >= 4 is 35.2 Å². The number of likely N-dealkylation sites (tertiary alicyclic amines) is 1. The van der Waals surface area contributed by atoms with Gasteiger partial charge in [-0.3, -0.25) is 14.5 Å². The summed E-state index contributed by atoms with van der Waals surface area (Å²) in [4.78, 5) is 38.2. The van der Waals surface area contributed by atoms with E-state index in [-0.39, 0.29) is 43.1 Å². The quantitative estimate of drug-likeness (QED) is 0.548. The van der Waals surface area contributed by atoms with Crippen molar-refractivity contribution < 1.29 is 23.5 Å². The Morgan fingerprint density at radius 3 is 2.65 bits per heavy atom. The number of hydrogen-bond donors (Lipinski definition) is 3. The Morgan fingerprint density at radius 1 is 1.23 bits per heavy atom. The Labute approximate surface area is 186 Å². The maximum Gasteiger partial charge on any atom is 0.407 e. The third kappa shape index (κ3) is 9.10. The number of anilines is 1. The Hall–Kier alpha value is -2.39. The average Bonchev–Trinajstić information content (AvgIpc) is 2.66. The van der Waals surface area contributed by atoms with Gasteiger partial charge in [-0.05, 0) is 58.4 Å². The molecule has 0 aromatic heterocycles. The number of carbonyl (C=O) groups excluding carboxylic acids is 3. The topological polar surface area (TPSA) is 99.8 Å². The second kappa shape index (κ2) is 11.3. The summed E-state index contributed by atoms with van der Waals surface area (Å²) < 4.78 is 18.9. The highest BCUT2D eigenvalue weighted by atomic mass is 35.5. The minimum atomic E-state index is -0.580. The molecule has 1 atom stereocenters. The lowest BCUT2D eigenvalue weighted by molar-refractivity contribution is -0.127. The highest BCUT2D eigenvalue weighted by molar-refractivity contribution is 6.30. The number of alkyl carbamates (subject to hydrolysis) is 1. The molecule has 0 radical (unpaired) electrons. The van der Waals surface area contributed by atoms with Gasteiger partial charge in [0.15, 0.2) is 0 Å². The Balaban J connectivity index is 1.73. The molecule has 0 spiro atoms. The fraction of sp³-hybridized carbons (Fsp3) is 0.571. The molecule has 1 unspecified atom stereocenters. The van der Waals surface area contributed by atoms with Gasteiger partial charge in [-0.1, -0.05) is 11.6 Å². The number of piperidine rings is 1. The zero-order chi connectivity index (χ0) is 23.0. The van der Waals surface area contributed by atoms with Crippen LogP contribution in [0, 0.1) is 11.7 Å². The molecule has 1 aromatic rings. The van der Waals surface area contributed by atoms with Crippen molar-refractivity contribution in [3.8, 4) is 0 Å². The van der Waals surface area contributed by atoms with Gasteiger partial charge in [0.05, 0.1) is 18.2 Å². The molecule has 1 aromatic carbocycles. The molecule has 172 valence electrons. The predicted molar refractivity (Wildman–Crippen MR) is 116 cm³/mol. The first-order valence-corrected chi connectivity index (χ1v) is 10.6. The van der Waals surface area contributed by atoms with Crippen molar-refractivity contribution in [3.63, 3.8) is 0 Å². The number of amides is 3. The molecular formula is C21H30ClFN4O4. The van der Waals surface area contributed by atoms with Gasteiger partial charge in [-0.25, -0.2) is 9.18 Å². The normalized spacial score (nSPS) is 17.0. The van der Waals surface area contributed by atoms with Crippen LogP contribution in [0.4, 0.5) is 14.9 Å². The van der Waals surface area contributed by atoms with Crippen LogP contribution in [-0.2, 0) is 14.3 Å². The van der Waals surface area contributed by atoms with Crippen LogP contribution in [0.3, 0.4) is 0 Å². The van der Waals surface area contributed by atoms with E-state index in [0.29, 0.717) is 24.5 Å². The lowest BCUT2D eigenvalue weighted by Crippen LogP contribution is -2.46. The summed E-state index contributed by atoms with van der Waals surface area (Å²) in [5, 5.41) is 8.23. The van der Waals surface area contributed by atoms with Crippen LogP contribution < -0.4 is 16.0 Å². The second-order valence-corrected chi connectivity index (χ2v) is 8.90. The van der Waals surface area contributed by atoms with Crippen molar-refractivity contribution in [2.45, 2.75) is 39.2 Å². The van der Waals surface area contributed by atoms with E-state index in [1.807, 2.05) is 4.90 Å². The van der Waals surface area contributed by atoms with Gasteiger partial charge in [0, 0.05) is 24.7 Å². The molecular weight excluding hydrogens is 427 g/mol. The first-order valence-electron chi connectivity index (χ1n) is 10.3. The van der Waals surface area contributed by atoms with Crippen LogP contribution in [0.15, 0.2) is 18.2 Å². The van der Waals surface area contributed by atoms with E-state index in [2.05, 4.69) is 16.0 Å². The minimum Gasteiger partial charge on any atom is -0.444 e. The highest BCUT2D eigenvalue weighted by Crippen LogP contribution is 2.20. The first kappa shape index (κ1) is 24.9. The molecule has 3 N–H and O–H groups in total. The molecule has 10 heteroatoms. The van der Waals surface area contributed by atoms with Crippen molar-refractivity contribution in [1.29, 1.82) is 0 Å². The summed E-state index contributed by atoms with van der Waals surface area (Å²) in [6, 6.07) is 3.95. The van der Waals surface area contributed by atoms with Gasteiger partial charge in [-0.2, -0.15) is 0 Å². The second-order valence-electron chi connectivity index (χ2n) is 8.47. The number of carbonyl (C=O) groups is 3. The Morgan fingerprint density at radius 2 is 1.94 bits per heavy atom. The standard InChI is InChI=1S/C21H30ClFN4O4/c1-21(2,3)31-20(30)25-9-8-24-19(29)14-5-4-10-27(12-14)13-18(28)26-17-11-15(22)6-7-16(17)23/h6-7,11,14H,4-5,8-10,12-13H2,1-3H3,(H,24,29)(H,25,30)(H,26,28). The average molecular weight is 457 g/mol. The van der Waals surface area contributed by atoms with E-state index >= 15 is 0 Å². The third-order valence-electron chi connectivity index (χ3n) is 4.54. The lowest BCUT2D eigenvalue weighted by Gasteiger charge is -2.31. The molecule has 3 amide bonds. The molecule has 1 saturated heterocycles. The number of nitrogens with one attached hydrogen (secondary N) is 3. The summed E-state index contributed by atoms with van der Waals surface area (Å²) in [7, 11) is 0. The van der Waals surface area contributed by atoms with E-state index in [1.54, 1.807) is 20.8 Å². The number of ether oxygens (including phenoxy) is 1. The van der Waals surface area contributed by atoms with Crippen molar-refractivity contribution in [2.24, 2.45) is 5.92 Å². The van der Waals surface area contributed by atoms with Gasteiger partial charge in [-0.15, -0.1) is 0 Å². The molecule has 0 saturated carbocycles. The first-order chi connectivity index (χ1) is 14.5. The maximum absolute atomic E-state index is 13.8. The van der Waals surface area contributed by atoms with E-state index < -0.39 is 17.5 Å². The fourth-order valence-corrected chi connectivity index (χ4v) is 3.38. The summed E-state index contributed by atoms with van der Waals surface area (Å²) in [5.74, 6) is -1.32. The third-order valence-corrected chi connectivity index (χ3v) is 4.77. The predicted octanol–water partition coefficient (Wildman–Crippen LogP) is 2.77. The van der Waals surface area contributed by atoms with Gasteiger partial charge >= 0.3 is 6.09 Å². The summed E-state index contributed by atoms with van der Waals surface area (Å²) in [6.07, 6.45) is 0.951. The SMILES string of the molecule is CC(C)(C)OC(=O)NCCNC(=O)C1CCCN(CC(=O)Nc2cc(Cl)ccc2F)C1. The van der Waals surface area contributed by atoms with Gasteiger partial charge in [0.25, 0.3) is 0 Å². The zero-order valence-electron chi connectivity index (χ0n) is 18.1. The smallest absolute Gasteiger partial charge is 0.407 e. The highest BCUT2D eigenvalue weighted by Gasteiger charge is 2.27.